The highest BCUT2D eigenvalue weighted by Gasteiger charge is 2.51. The third kappa shape index (κ3) is 4.73. The number of carbonyl (C=O) groups excluding carboxylic acids is 1. The number of ether oxygens (including phenoxy) is 1. The van der Waals surface area contributed by atoms with Gasteiger partial charge in [0, 0.05) is 6.54 Å². The van der Waals surface area contributed by atoms with E-state index >= 15 is 0 Å². The number of carbonyl (C=O) groups is 1. The smallest absolute Gasteiger partial charge is 0.444 e. The first-order valence-corrected chi connectivity index (χ1v) is 11.4. The predicted octanol–water partition coefficient (Wildman–Crippen LogP) is 4.61. The molecule has 2 aromatic rings. The molecule has 7 nitrogen and oxygen atoms in total. The molecule has 0 bridgehead atoms. The molecule has 33 heavy (non-hydrogen) atoms. The molecule has 1 aromatic heterocycles. The Bertz CT molecular complexity index is 1040. The first-order valence-electron chi connectivity index (χ1n) is 11.4. The lowest BCUT2D eigenvalue weighted by molar-refractivity contribution is 0.00578. The molecule has 0 saturated carbocycles. The standard InChI is InChI=1S/C25H34BN3O4/c1-16-13-20(29(15-16)22(30)31-23(2,3)4)21-27-14-19(28-21)17-9-11-18(12-10-17)26-32-24(5,6)25(7,8)33-26/h9-12,14,20H,1,13,15H2,2-8H3,(H,27,28)/t20-/m0/s1. The molecule has 1 amide bonds. The van der Waals surface area contributed by atoms with Gasteiger partial charge in [-0.05, 0) is 65.9 Å². The fourth-order valence-corrected chi connectivity index (χ4v) is 4.01. The van der Waals surface area contributed by atoms with Crippen LogP contribution >= 0.6 is 0 Å². The van der Waals surface area contributed by atoms with E-state index in [1.54, 1.807) is 11.1 Å². The van der Waals surface area contributed by atoms with Gasteiger partial charge in [0.1, 0.15) is 11.4 Å². The maximum Gasteiger partial charge on any atom is 0.494 e. The van der Waals surface area contributed by atoms with Crippen LogP contribution in [-0.2, 0) is 14.0 Å². The van der Waals surface area contributed by atoms with Crippen molar-refractivity contribution in [2.75, 3.05) is 6.54 Å². The van der Waals surface area contributed by atoms with Gasteiger partial charge in [-0.2, -0.15) is 0 Å². The highest BCUT2D eigenvalue weighted by atomic mass is 16.7. The van der Waals surface area contributed by atoms with Crippen molar-refractivity contribution in [3.63, 3.8) is 0 Å². The molecule has 4 rings (SSSR count). The van der Waals surface area contributed by atoms with Crippen LogP contribution in [0.25, 0.3) is 11.3 Å². The van der Waals surface area contributed by atoms with Crippen molar-refractivity contribution in [1.29, 1.82) is 0 Å². The third-order valence-electron chi connectivity index (χ3n) is 6.54. The number of hydrogen-bond acceptors (Lipinski definition) is 5. The summed E-state index contributed by atoms with van der Waals surface area (Å²) < 4.78 is 17.9. The van der Waals surface area contributed by atoms with Gasteiger partial charge in [-0.1, -0.05) is 36.4 Å². The van der Waals surface area contributed by atoms with E-state index in [0.717, 1.165) is 28.1 Å². The highest BCUT2D eigenvalue weighted by molar-refractivity contribution is 6.62. The first-order chi connectivity index (χ1) is 15.3. The SMILES string of the molecule is C=C1C[C@@H](c2ncc(-c3ccc(B4OC(C)(C)C(C)(C)O4)cc3)[nH]2)N(C(=O)OC(C)(C)C)C1. The Morgan fingerprint density at radius 3 is 2.36 bits per heavy atom. The summed E-state index contributed by atoms with van der Waals surface area (Å²) in [5.41, 5.74) is 2.52. The summed E-state index contributed by atoms with van der Waals surface area (Å²) in [6, 6.07) is 7.86. The lowest BCUT2D eigenvalue weighted by Crippen LogP contribution is -2.41. The number of amides is 1. The van der Waals surface area contributed by atoms with E-state index < -0.39 is 12.7 Å². The summed E-state index contributed by atoms with van der Waals surface area (Å²) in [6.45, 7) is 18.3. The number of rotatable bonds is 3. The van der Waals surface area contributed by atoms with Crippen molar-refractivity contribution in [2.24, 2.45) is 0 Å². The van der Waals surface area contributed by atoms with Crippen molar-refractivity contribution in [3.8, 4) is 11.3 Å². The van der Waals surface area contributed by atoms with Crippen molar-refractivity contribution in [1.82, 2.24) is 14.9 Å². The molecule has 2 saturated heterocycles. The lowest BCUT2D eigenvalue weighted by Gasteiger charge is -2.32. The summed E-state index contributed by atoms with van der Waals surface area (Å²) in [4.78, 5) is 22.4. The second-order valence-electron chi connectivity index (χ2n) is 11.0. The summed E-state index contributed by atoms with van der Waals surface area (Å²) >= 11 is 0. The first kappa shape index (κ1) is 23.6. The van der Waals surface area contributed by atoms with Crippen LogP contribution in [0.2, 0.25) is 0 Å². The number of aromatic nitrogens is 2. The zero-order chi connectivity index (χ0) is 24.2. The zero-order valence-electron chi connectivity index (χ0n) is 20.7. The van der Waals surface area contributed by atoms with Gasteiger partial charge in [0.25, 0.3) is 0 Å². The molecule has 2 aliphatic rings. The third-order valence-corrected chi connectivity index (χ3v) is 6.54. The Morgan fingerprint density at radius 2 is 1.79 bits per heavy atom. The highest BCUT2D eigenvalue weighted by Crippen LogP contribution is 2.37. The van der Waals surface area contributed by atoms with Crippen molar-refractivity contribution < 1.29 is 18.8 Å². The van der Waals surface area contributed by atoms with Gasteiger partial charge in [0.2, 0.25) is 0 Å². The molecule has 1 N–H and O–H groups in total. The molecule has 1 atom stereocenters. The molecule has 0 spiro atoms. The van der Waals surface area contributed by atoms with Gasteiger partial charge in [-0.15, -0.1) is 0 Å². The molecule has 0 aliphatic carbocycles. The van der Waals surface area contributed by atoms with Gasteiger partial charge in [0.15, 0.2) is 0 Å². The molecular weight excluding hydrogens is 417 g/mol. The number of hydrogen-bond donors (Lipinski definition) is 1. The van der Waals surface area contributed by atoms with E-state index in [2.05, 4.69) is 16.5 Å². The lowest BCUT2D eigenvalue weighted by atomic mass is 9.79. The van der Waals surface area contributed by atoms with E-state index in [1.165, 1.54) is 0 Å². The molecular formula is C25H34BN3O4. The Balaban J connectivity index is 1.50. The molecule has 0 radical (unpaired) electrons. The molecule has 0 unspecified atom stereocenters. The van der Waals surface area contributed by atoms with Gasteiger partial charge in [-0.3, -0.25) is 4.90 Å². The summed E-state index contributed by atoms with van der Waals surface area (Å²) in [6.07, 6.45) is 2.11. The average Bonchev–Trinajstić information content (AvgIpc) is 3.37. The summed E-state index contributed by atoms with van der Waals surface area (Å²) in [7, 11) is -0.395. The Morgan fingerprint density at radius 1 is 1.18 bits per heavy atom. The molecule has 2 fully saturated rings. The van der Waals surface area contributed by atoms with Crippen LogP contribution in [0, 0.1) is 0 Å². The molecule has 176 valence electrons. The number of nitrogens with one attached hydrogen (secondary N) is 1. The number of nitrogens with zero attached hydrogens (tertiary/aromatic N) is 2. The normalized spacial score (nSPS) is 22.2. The minimum atomic E-state index is -0.557. The Labute approximate surface area is 196 Å². The largest absolute Gasteiger partial charge is 0.494 e. The Kier molecular flexibility index (Phi) is 5.73. The van der Waals surface area contributed by atoms with Crippen molar-refractivity contribution in [3.05, 3.63) is 48.4 Å². The zero-order valence-corrected chi connectivity index (χ0v) is 20.7. The van der Waals surface area contributed by atoms with E-state index in [9.17, 15) is 4.79 Å². The number of imidazole rings is 1. The van der Waals surface area contributed by atoms with Gasteiger partial charge < -0.3 is 19.0 Å². The quantitative estimate of drug-likeness (QED) is 0.545. The second-order valence-corrected chi connectivity index (χ2v) is 11.0. The predicted molar refractivity (Wildman–Crippen MR) is 129 cm³/mol. The monoisotopic (exact) mass is 451 g/mol. The van der Waals surface area contributed by atoms with E-state index in [1.807, 2.05) is 72.7 Å². The van der Waals surface area contributed by atoms with Crippen LogP contribution in [0.4, 0.5) is 4.79 Å². The van der Waals surface area contributed by atoms with Crippen LogP contribution in [0.3, 0.4) is 0 Å². The Hall–Kier alpha value is -2.58. The maximum absolute atomic E-state index is 12.7. The number of benzene rings is 1. The van der Waals surface area contributed by atoms with E-state index in [-0.39, 0.29) is 23.3 Å². The molecule has 2 aliphatic heterocycles. The molecule has 1 aromatic carbocycles. The molecule has 3 heterocycles. The fourth-order valence-electron chi connectivity index (χ4n) is 4.01. The van der Waals surface area contributed by atoms with Crippen LogP contribution < -0.4 is 5.46 Å². The van der Waals surface area contributed by atoms with E-state index in [4.69, 9.17) is 14.0 Å². The topological polar surface area (TPSA) is 76.7 Å². The average molecular weight is 451 g/mol. The van der Waals surface area contributed by atoms with E-state index in [0.29, 0.717) is 13.0 Å². The van der Waals surface area contributed by atoms with Crippen LogP contribution in [-0.4, -0.2) is 51.4 Å². The fraction of sp³-hybridized carbons (Fsp3) is 0.520. The van der Waals surface area contributed by atoms with Crippen LogP contribution in [0.15, 0.2) is 42.6 Å². The summed E-state index contributed by atoms with van der Waals surface area (Å²) in [5, 5.41) is 0. The summed E-state index contributed by atoms with van der Waals surface area (Å²) in [5.74, 6) is 0.726. The van der Waals surface area contributed by atoms with Crippen molar-refractivity contribution in [2.45, 2.75) is 77.7 Å². The number of likely N-dealkylation sites (tertiary alicyclic amines) is 1. The number of aromatic amines is 1. The van der Waals surface area contributed by atoms with Gasteiger partial charge in [-0.25, -0.2) is 9.78 Å². The van der Waals surface area contributed by atoms with Crippen LogP contribution in [0.5, 0.6) is 0 Å². The maximum atomic E-state index is 12.7. The number of H-pyrrole nitrogens is 1. The second kappa shape index (κ2) is 8.03. The van der Waals surface area contributed by atoms with Crippen LogP contribution in [0.1, 0.15) is 66.8 Å². The minimum Gasteiger partial charge on any atom is -0.444 e. The van der Waals surface area contributed by atoms with Gasteiger partial charge in [0.05, 0.1) is 29.1 Å². The van der Waals surface area contributed by atoms with Crippen molar-refractivity contribution >= 4 is 18.7 Å². The minimum absolute atomic E-state index is 0.217. The molecule has 8 heteroatoms. The van der Waals surface area contributed by atoms with Gasteiger partial charge >= 0.3 is 13.2 Å².